The third-order valence-electron chi connectivity index (χ3n) is 3.57. The van der Waals surface area contributed by atoms with Gasteiger partial charge in [-0.05, 0) is 55.5 Å². The van der Waals surface area contributed by atoms with E-state index in [4.69, 9.17) is 4.42 Å². The molecule has 0 atom stereocenters. The Morgan fingerprint density at radius 1 is 1.00 bits per heavy atom. The van der Waals surface area contributed by atoms with E-state index in [1.807, 2.05) is 6.92 Å². The molecule has 0 saturated carbocycles. The molecule has 0 unspecified atom stereocenters. The van der Waals surface area contributed by atoms with Crippen molar-refractivity contribution in [3.05, 3.63) is 83.8 Å². The number of aryl methyl sites for hydroxylation is 1. The van der Waals surface area contributed by atoms with E-state index in [1.54, 1.807) is 30.3 Å². The number of anilines is 1. The van der Waals surface area contributed by atoms with Crippen LogP contribution in [-0.2, 0) is 10.0 Å². The van der Waals surface area contributed by atoms with E-state index in [0.29, 0.717) is 17.0 Å². The van der Waals surface area contributed by atoms with Gasteiger partial charge in [0.05, 0.1) is 11.1 Å². The summed E-state index contributed by atoms with van der Waals surface area (Å²) >= 11 is 0. The molecule has 2 aromatic carbocycles. The lowest BCUT2D eigenvalue weighted by atomic mass is 10.2. The van der Waals surface area contributed by atoms with Gasteiger partial charge in [0.15, 0.2) is 0 Å². The predicted molar refractivity (Wildman–Crippen MR) is 102 cm³/mol. The van der Waals surface area contributed by atoms with Crippen LogP contribution in [0.5, 0.6) is 0 Å². The molecule has 138 valence electrons. The first kappa shape index (κ1) is 18.4. The Hall–Kier alpha value is -3.39. The van der Waals surface area contributed by atoms with Gasteiger partial charge in [-0.25, -0.2) is 13.8 Å². The number of carbonyl (C=O) groups is 1. The highest BCUT2D eigenvalue weighted by Crippen LogP contribution is 2.16. The van der Waals surface area contributed by atoms with Gasteiger partial charge in [0.2, 0.25) is 0 Å². The van der Waals surface area contributed by atoms with Crippen LogP contribution >= 0.6 is 0 Å². The highest BCUT2D eigenvalue weighted by atomic mass is 32.2. The first-order chi connectivity index (χ1) is 12.9. The van der Waals surface area contributed by atoms with Crippen molar-refractivity contribution >= 4 is 27.8 Å². The van der Waals surface area contributed by atoms with Crippen molar-refractivity contribution in [2.75, 3.05) is 4.72 Å². The van der Waals surface area contributed by atoms with E-state index in [2.05, 4.69) is 15.2 Å². The smallest absolute Gasteiger partial charge is 0.271 e. The maximum atomic E-state index is 12.3. The zero-order chi connectivity index (χ0) is 19.3. The molecule has 1 amide bonds. The number of hydrazone groups is 1. The maximum Gasteiger partial charge on any atom is 0.271 e. The standard InChI is InChI=1S/C19H17N3O4S/c1-14-7-12-17(26-14)13-20-21-19(23)15-8-10-16(11-9-15)22-27(24,25)18-5-3-2-4-6-18/h2-13,22H,1H3,(H,21,23). The van der Waals surface area contributed by atoms with Crippen molar-refractivity contribution in [2.45, 2.75) is 11.8 Å². The van der Waals surface area contributed by atoms with Crippen LogP contribution in [0.15, 0.2) is 81.1 Å². The summed E-state index contributed by atoms with van der Waals surface area (Å²) in [7, 11) is -3.67. The van der Waals surface area contributed by atoms with Crippen LogP contribution in [0.4, 0.5) is 5.69 Å². The molecule has 0 fully saturated rings. The van der Waals surface area contributed by atoms with Crippen molar-refractivity contribution in [1.82, 2.24) is 5.43 Å². The molecule has 2 N–H and O–H groups in total. The summed E-state index contributed by atoms with van der Waals surface area (Å²) in [6.07, 6.45) is 1.40. The zero-order valence-electron chi connectivity index (χ0n) is 14.4. The second-order valence-electron chi connectivity index (χ2n) is 5.64. The first-order valence-corrected chi connectivity index (χ1v) is 9.50. The fourth-order valence-corrected chi connectivity index (χ4v) is 3.32. The van der Waals surface area contributed by atoms with Gasteiger partial charge in [-0.3, -0.25) is 9.52 Å². The van der Waals surface area contributed by atoms with E-state index in [1.165, 1.54) is 42.6 Å². The molecule has 0 bridgehead atoms. The number of amides is 1. The Bertz CT molecular complexity index is 1060. The molecule has 0 aliphatic carbocycles. The number of rotatable bonds is 6. The maximum absolute atomic E-state index is 12.3. The van der Waals surface area contributed by atoms with Crippen molar-refractivity contribution < 1.29 is 17.6 Å². The van der Waals surface area contributed by atoms with Gasteiger partial charge in [-0.15, -0.1) is 0 Å². The Balaban J connectivity index is 1.63. The largest absolute Gasteiger partial charge is 0.460 e. The SMILES string of the molecule is Cc1ccc(C=NNC(=O)c2ccc(NS(=O)(=O)c3ccccc3)cc2)o1. The molecule has 8 heteroatoms. The van der Waals surface area contributed by atoms with Gasteiger partial charge in [-0.2, -0.15) is 5.10 Å². The van der Waals surface area contributed by atoms with Crippen LogP contribution in [0.1, 0.15) is 21.9 Å². The molecule has 0 saturated heterocycles. The summed E-state index contributed by atoms with van der Waals surface area (Å²) in [5.41, 5.74) is 3.07. The lowest BCUT2D eigenvalue weighted by Crippen LogP contribution is -2.18. The van der Waals surface area contributed by atoms with Gasteiger partial charge >= 0.3 is 0 Å². The van der Waals surface area contributed by atoms with Crippen LogP contribution in [0.3, 0.4) is 0 Å². The quantitative estimate of drug-likeness (QED) is 0.504. The van der Waals surface area contributed by atoms with Crippen LogP contribution in [0, 0.1) is 6.92 Å². The number of nitrogens with zero attached hydrogens (tertiary/aromatic N) is 1. The third-order valence-corrected chi connectivity index (χ3v) is 4.97. The summed E-state index contributed by atoms with van der Waals surface area (Å²) in [5.74, 6) is 0.849. The second-order valence-corrected chi connectivity index (χ2v) is 7.33. The van der Waals surface area contributed by atoms with E-state index < -0.39 is 15.9 Å². The molecular formula is C19H17N3O4S. The first-order valence-electron chi connectivity index (χ1n) is 8.02. The van der Waals surface area contributed by atoms with Crippen molar-refractivity contribution in [3.8, 4) is 0 Å². The molecule has 1 aromatic heterocycles. The number of furan rings is 1. The average molecular weight is 383 g/mol. The van der Waals surface area contributed by atoms with Crippen LogP contribution in [0.25, 0.3) is 0 Å². The topological polar surface area (TPSA) is 101 Å². The Morgan fingerprint density at radius 3 is 2.33 bits per heavy atom. The Kier molecular flexibility index (Phi) is 5.37. The minimum atomic E-state index is -3.67. The van der Waals surface area contributed by atoms with Gasteiger partial charge in [0.25, 0.3) is 15.9 Å². The number of sulfonamides is 1. The zero-order valence-corrected chi connectivity index (χ0v) is 15.2. The van der Waals surface area contributed by atoms with E-state index in [0.717, 1.165) is 5.76 Å². The highest BCUT2D eigenvalue weighted by molar-refractivity contribution is 7.92. The number of hydrogen-bond donors (Lipinski definition) is 2. The Labute approximate surface area is 156 Å². The molecule has 3 rings (SSSR count). The number of hydrogen-bond acceptors (Lipinski definition) is 5. The molecule has 0 radical (unpaired) electrons. The van der Waals surface area contributed by atoms with Crippen molar-refractivity contribution in [2.24, 2.45) is 5.10 Å². The third kappa shape index (κ3) is 4.83. The lowest BCUT2D eigenvalue weighted by molar-refractivity contribution is 0.0955. The normalized spacial score (nSPS) is 11.4. The molecule has 0 spiro atoms. The van der Waals surface area contributed by atoms with E-state index in [-0.39, 0.29) is 4.90 Å². The van der Waals surface area contributed by atoms with Crippen LogP contribution in [-0.4, -0.2) is 20.5 Å². The highest BCUT2D eigenvalue weighted by Gasteiger charge is 2.13. The monoisotopic (exact) mass is 383 g/mol. The summed E-state index contributed by atoms with van der Waals surface area (Å²) in [5, 5.41) is 3.82. The molecular weight excluding hydrogens is 366 g/mol. The van der Waals surface area contributed by atoms with Crippen molar-refractivity contribution in [1.29, 1.82) is 0 Å². The molecule has 27 heavy (non-hydrogen) atoms. The lowest BCUT2D eigenvalue weighted by Gasteiger charge is -2.08. The molecule has 7 nitrogen and oxygen atoms in total. The van der Waals surface area contributed by atoms with Gasteiger partial charge in [0.1, 0.15) is 11.5 Å². The molecule has 3 aromatic rings. The number of benzene rings is 2. The van der Waals surface area contributed by atoms with Gasteiger partial charge in [-0.1, -0.05) is 18.2 Å². The second kappa shape index (κ2) is 7.88. The molecule has 0 aliphatic heterocycles. The number of nitrogens with one attached hydrogen (secondary N) is 2. The summed E-state index contributed by atoms with van der Waals surface area (Å²) < 4.78 is 32.3. The summed E-state index contributed by atoms with van der Waals surface area (Å²) in [6, 6.07) is 17.6. The van der Waals surface area contributed by atoms with Crippen LogP contribution in [0.2, 0.25) is 0 Å². The minimum absolute atomic E-state index is 0.161. The van der Waals surface area contributed by atoms with Crippen LogP contribution < -0.4 is 10.1 Å². The fraction of sp³-hybridized carbons (Fsp3) is 0.0526. The van der Waals surface area contributed by atoms with Gasteiger partial charge < -0.3 is 4.42 Å². The summed E-state index contributed by atoms with van der Waals surface area (Å²) in [6.45, 7) is 1.81. The van der Waals surface area contributed by atoms with Gasteiger partial charge in [0, 0.05) is 11.3 Å². The average Bonchev–Trinajstić information content (AvgIpc) is 3.08. The van der Waals surface area contributed by atoms with E-state index >= 15 is 0 Å². The molecule has 0 aliphatic rings. The number of carbonyl (C=O) groups excluding carboxylic acids is 1. The fourth-order valence-electron chi connectivity index (χ4n) is 2.25. The predicted octanol–water partition coefficient (Wildman–Crippen LogP) is 3.15. The molecule has 1 heterocycles. The minimum Gasteiger partial charge on any atom is -0.460 e. The summed E-state index contributed by atoms with van der Waals surface area (Å²) in [4.78, 5) is 12.2. The Morgan fingerprint density at radius 2 is 1.70 bits per heavy atom. The van der Waals surface area contributed by atoms with Crippen molar-refractivity contribution in [3.63, 3.8) is 0 Å². The van der Waals surface area contributed by atoms with E-state index in [9.17, 15) is 13.2 Å².